The molecule has 0 saturated heterocycles. The zero-order valence-corrected chi connectivity index (χ0v) is 11.0. The Morgan fingerprint density at radius 2 is 2.11 bits per heavy atom. The van der Waals surface area contributed by atoms with E-state index in [9.17, 15) is 4.79 Å². The average Bonchev–Trinajstić information content (AvgIpc) is 2.35. The van der Waals surface area contributed by atoms with Crippen LogP contribution in [-0.4, -0.2) is 15.9 Å². The van der Waals surface area contributed by atoms with E-state index in [1.807, 2.05) is 13.0 Å². The number of halogens is 2. The van der Waals surface area contributed by atoms with Gasteiger partial charge in [-0.25, -0.2) is 4.98 Å². The van der Waals surface area contributed by atoms with E-state index in [0.29, 0.717) is 11.3 Å². The molecule has 6 heteroatoms. The SMILES string of the molecule is Cc1ccncc1NC(=O)c1cnc(Cl)c(Cl)c1. The highest BCUT2D eigenvalue weighted by atomic mass is 35.5. The van der Waals surface area contributed by atoms with Crippen LogP contribution in [0.5, 0.6) is 0 Å². The first-order valence-electron chi connectivity index (χ1n) is 5.11. The molecular formula is C12H9Cl2N3O. The molecule has 2 aromatic heterocycles. The Morgan fingerprint density at radius 3 is 2.78 bits per heavy atom. The fraction of sp³-hybridized carbons (Fsp3) is 0.0833. The molecule has 2 aromatic rings. The van der Waals surface area contributed by atoms with Crippen LogP contribution in [0.25, 0.3) is 0 Å². The zero-order chi connectivity index (χ0) is 13.1. The normalized spacial score (nSPS) is 10.2. The fourth-order valence-electron chi connectivity index (χ4n) is 1.33. The summed E-state index contributed by atoms with van der Waals surface area (Å²) >= 11 is 11.5. The van der Waals surface area contributed by atoms with Gasteiger partial charge in [0.2, 0.25) is 0 Å². The highest BCUT2D eigenvalue weighted by molar-refractivity contribution is 6.41. The highest BCUT2D eigenvalue weighted by Crippen LogP contribution is 2.20. The minimum Gasteiger partial charge on any atom is -0.320 e. The molecule has 0 saturated carbocycles. The molecule has 0 aromatic carbocycles. The maximum Gasteiger partial charge on any atom is 0.257 e. The molecule has 92 valence electrons. The number of carbonyl (C=O) groups is 1. The molecule has 0 unspecified atom stereocenters. The van der Waals surface area contributed by atoms with Crippen LogP contribution in [0.1, 0.15) is 15.9 Å². The standard InChI is InChI=1S/C12H9Cl2N3O/c1-7-2-3-15-6-10(7)17-12(18)8-4-9(13)11(14)16-5-8/h2-6H,1H3,(H,17,18). The second-order valence-electron chi connectivity index (χ2n) is 3.64. The van der Waals surface area contributed by atoms with Gasteiger partial charge < -0.3 is 5.32 Å². The smallest absolute Gasteiger partial charge is 0.257 e. The summed E-state index contributed by atoms with van der Waals surface area (Å²) in [4.78, 5) is 19.7. The molecule has 0 aliphatic carbocycles. The van der Waals surface area contributed by atoms with Crippen molar-refractivity contribution in [2.45, 2.75) is 6.92 Å². The summed E-state index contributed by atoms with van der Waals surface area (Å²) in [7, 11) is 0. The van der Waals surface area contributed by atoms with Crippen molar-refractivity contribution in [3.63, 3.8) is 0 Å². The summed E-state index contributed by atoms with van der Waals surface area (Å²) in [6.45, 7) is 1.88. The van der Waals surface area contributed by atoms with Crippen molar-refractivity contribution in [1.82, 2.24) is 9.97 Å². The summed E-state index contributed by atoms with van der Waals surface area (Å²) < 4.78 is 0. The number of aromatic nitrogens is 2. The number of aryl methyl sites for hydroxylation is 1. The number of hydrogen-bond donors (Lipinski definition) is 1. The van der Waals surface area contributed by atoms with Gasteiger partial charge in [0.1, 0.15) is 5.15 Å². The number of amides is 1. The van der Waals surface area contributed by atoms with E-state index in [2.05, 4.69) is 15.3 Å². The minimum atomic E-state index is -0.308. The van der Waals surface area contributed by atoms with Crippen molar-refractivity contribution in [2.75, 3.05) is 5.32 Å². The Kier molecular flexibility index (Phi) is 3.79. The van der Waals surface area contributed by atoms with Crippen LogP contribution in [0.3, 0.4) is 0 Å². The van der Waals surface area contributed by atoms with Crippen LogP contribution in [0.2, 0.25) is 10.2 Å². The molecule has 0 bridgehead atoms. The van der Waals surface area contributed by atoms with Crippen molar-refractivity contribution < 1.29 is 4.79 Å². The average molecular weight is 282 g/mol. The Labute approximate surface area is 114 Å². The second-order valence-corrected chi connectivity index (χ2v) is 4.41. The van der Waals surface area contributed by atoms with Gasteiger partial charge in [0.15, 0.2) is 0 Å². The van der Waals surface area contributed by atoms with Crippen molar-refractivity contribution >= 4 is 34.8 Å². The topological polar surface area (TPSA) is 54.9 Å². The molecule has 0 radical (unpaired) electrons. The predicted octanol–water partition coefficient (Wildman–Crippen LogP) is 3.34. The summed E-state index contributed by atoms with van der Waals surface area (Å²) in [6.07, 6.45) is 4.61. The third-order valence-electron chi connectivity index (χ3n) is 2.35. The Balaban J connectivity index is 2.22. The second kappa shape index (κ2) is 5.33. The van der Waals surface area contributed by atoms with E-state index < -0.39 is 0 Å². The van der Waals surface area contributed by atoms with Gasteiger partial charge in [-0.05, 0) is 24.6 Å². The Bertz CT molecular complexity index is 602. The van der Waals surface area contributed by atoms with Crippen molar-refractivity contribution in [3.8, 4) is 0 Å². The molecule has 18 heavy (non-hydrogen) atoms. The lowest BCUT2D eigenvalue weighted by atomic mass is 10.2. The molecule has 0 spiro atoms. The fourth-order valence-corrected chi connectivity index (χ4v) is 1.60. The van der Waals surface area contributed by atoms with E-state index in [0.717, 1.165) is 5.56 Å². The van der Waals surface area contributed by atoms with Gasteiger partial charge in [-0.2, -0.15) is 0 Å². The van der Waals surface area contributed by atoms with Crippen molar-refractivity contribution in [1.29, 1.82) is 0 Å². The molecule has 0 fully saturated rings. The maximum atomic E-state index is 11.9. The lowest BCUT2D eigenvalue weighted by molar-refractivity contribution is 0.102. The minimum absolute atomic E-state index is 0.172. The third-order valence-corrected chi connectivity index (χ3v) is 3.03. The molecule has 0 aliphatic heterocycles. The molecule has 2 rings (SSSR count). The van der Waals surface area contributed by atoms with Crippen LogP contribution in [0, 0.1) is 6.92 Å². The number of nitrogens with zero attached hydrogens (tertiary/aromatic N) is 2. The first-order valence-corrected chi connectivity index (χ1v) is 5.86. The van der Waals surface area contributed by atoms with Crippen LogP contribution < -0.4 is 5.32 Å². The van der Waals surface area contributed by atoms with E-state index in [-0.39, 0.29) is 16.1 Å². The molecule has 2 heterocycles. The van der Waals surface area contributed by atoms with Gasteiger partial charge in [0.25, 0.3) is 5.91 Å². The van der Waals surface area contributed by atoms with E-state index >= 15 is 0 Å². The van der Waals surface area contributed by atoms with Gasteiger partial charge >= 0.3 is 0 Å². The third kappa shape index (κ3) is 2.78. The first kappa shape index (κ1) is 12.8. The van der Waals surface area contributed by atoms with E-state index in [1.54, 1.807) is 12.4 Å². The zero-order valence-electron chi connectivity index (χ0n) is 9.45. The van der Waals surface area contributed by atoms with Crippen LogP contribution in [0.4, 0.5) is 5.69 Å². The predicted molar refractivity (Wildman–Crippen MR) is 71.2 cm³/mol. The molecule has 1 amide bonds. The largest absolute Gasteiger partial charge is 0.320 e. The first-order chi connectivity index (χ1) is 8.58. The maximum absolute atomic E-state index is 11.9. The van der Waals surface area contributed by atoms with Gasteiger partial charge in [-0.15, -0.1) is 0 Å². The summed E-state index contributed by atoms with van der Waals surface area (Å²) in [5.41, 5.74) is 1.91. The summed E-state index contributed by atoms with van der Waals surface area (Å²) in [5, 5.41) is 3.14. The lowest BCUT2D eigenvalue weighted by Crippen LogP contribution is -2.13. The van der Waals surface area contributed by atoms with Crippen molar-refractivity contribution in [3.05, 3.63) is 52.0 Å². The quantitative estimate of drug-likeness (QED) is 0.859. The van der Waals surface area contributed by atoms with Gasteiger partial charge in [-0.1, -0.05) is 23.2 Å². The number of rotatable bonds is 2. The van der Waals surface area contributed by atoms with Crippen LogP contribution in [-0.2, 0) is 0 Å². The highest BCUT2D eigenvalue weighted by Gasteiger charge is 2.10. The Morgan fingerprint density at radius 1 is 1.33 bits per heavy atom. The van der Waals surface area contributed by atoms with Crippen LogP contribution in [0.15, 0.2) is 30.7 Å². The number of pyridine rings is 2. The molecule has 4 nitrogen and oxygen atoms in total. The molecule has 0 aliphatic rings. The van der Waals surface area contributed by atoms with Gasteiger partial charge in [-0.3, -0.25) is 9.78 Å². The van der Waals surface area contributed by atoms with Gasteiger partial charge in [0, 0.05) is 12.4 Å². The van der Waals surface area contributed by atoms with E-state index in [1.165, 1.54) is 12.3 Å². The monoisotopic (exact) mass is 281 g/mol. The number of carbonyl (C=O) groups excluding carboxylic acids is 1. The summed E-state index contributed by atoms with van der Waals surface area (Å²) in [6, 6.07) is 3.28. The molecule has 1 N–H and O–H groups in total. The number of hydrogen-bond acceptors (Lipinski definition) is 3. The molecule has 0 atom stereocenters. The van der Waals surface area contributed by atoms with E-state index in [4.69, 9.17) is 23.2 Å². The Hall–Kier alpha value is -1.65. The lowest BCUT2D eigenvalue weighted by Gasteiger charge is -2.07. The van der Waals surface area contributed by atoms with Crippen molar-refractivity contribution in [2.24, 2.45) is 0 Å². The van der Waals surface area contributed by atoms with Crippen LogP contribution >= 0.6 is 23.2 Å². The number of anilines is 1. The van der Waals surface area contributed by atoms with Gasteiger partial charge in [0.05, 0.1) is 22.5 Å². The summed E-state index contributed by atoms with van der Waals surface area (Å²) in [5.74, 6) is -0.308. The molecular weight excluding hydrogens is 273 g/mol. The number of nitrogens with one attached hydrogen (secondary N) is 1.